The Kier molecular flexibility index (Phi) is 2.63. The molecule has 1 fully saturated rings. The molecule has 1 aromatic rings. The molecule has 3 heteroatoms. The molecule has 2 N–H and O–H groups in total. The van der Waals surface area contributed by atoms with Crippen LogP contribution in [0.5, 0.6) is 0 Å². The van der Waals surface area contributed by atoms with E-state index < -0.39 is 0 Å². The van der Waals surface area contributed by atoms with Gasteiger partial charge in [0, 0.05) is 21.0 Å². The highest BCUT2D eigenvalue weighted by Crippen LogP contribution is 2.52. The maximum absolute atomic E-state index is 6.02. The Morgan fingerprint density at radius 1 is 1.50 bits per heavy atom. The van der Waals surface area contributed by atoms with Gasteiger partial charge in [0.25, 0.3) is 0 Å². The summed E-state index contributed by atoms with van der Waals surface area (Å²) in [5.41, 5.74) is 7.45. The Labute approximate surface area is 97.8 Å². The highest BCUT2D eigenvalue weighted by Gasteiger charge is 2.48. The van der Waals surface area contributed by atoms with Crippen LogP contribution >= 0.6 is 27.5 Å². The molecular weight excluding hydrogens is 261 g/mol. The van der Waals surface area contributed by atoms with Crippen LogP contribution in [0.4, 0.5) is 0 Å². The summed E-state index contributed by atoms with van der Waals surface area (Å²) in [5, 5.41) is 0.787. The maximum atomic E-state index is 6.02. The van der Waals surface area contributed by atoms with Crippen LogP contribution in [0.3, 0.4) is 0 Å². The van der Waals surface area contributed by atoms with Crippen molar-refractivity contribution in [3.05, 3.63) is 33.3 Å². The van der Waals surface area contributed by atoms with Crippen molar-refractivity contribution in [3.63, 3.8) is 0 Å². The van der Waals surface area contributed by atoms with Crippen molar-refractivity contribution in [2.75, 3.05) is 0 Å². The van der Waals surface area contributed by atoms with Gasteiger partial charge >= 0.3 is 0 Å². The smallest absolute Gasteiger partial charge is 0.0409 e. The van der Waals surface area contributed by atoms with Crippen LogP contribution in [0.2, 0.25) is 5.02 Å². The SMILES string of the molecule is CC(N)C1(c2cc(Cl)ccc2Br)CC1. The van der Waals surface area contributed by atoms with Gasteiger partial charge in [0.1, 0.15) is 0 Å². The third-order valence-electron chi connectivity index (χ3n) is 3.13. The molecule has 1 atom stereocenters. The summed E-state index contributed by atoms with van der Waals surface area (Å²) in [7, 11) is 0. The average Bonchev–Trinajstić information content (AvgIpc) is 2.90. The third-order valence-corrected chi connectivity index (χ3v) is 4.05. The minimum atomic E-state index is 0.170. The van der Waals surface area contributed by atoms with E-state index in [0.717, 1.165) is 9.50 Å². The molecule has 1 nitrogen and oxygen atoms in total. The number of halogens is 2. The van der Waals surface area contributed by atoms with Gasteiger partial charge in [-0.1, -0.05) is 27.5 Å². The van der Waals surface area contributed by atoms with Crippen molar-refractivity contribution in [2.24, 2.45) is 5.73 Å². The lowest BCUT2D eigenvalue weighted by Crippen LogP contribution is -2.31. The molecule has 1 aliphatic rings. The van der Waals surface area contributed by atoms with Gasteiger partial charge in [0.15, 0.2) is 0 Å². The van der Waals surface area contributed by atoms with E-state index in [0.29, 0.717) is 0 Å². The van der Waals surface area contributed by atoms with E-state index in [4.69, 9.17) is 17.3 Å². The fourth-order valence-electron chi connectivity index (χ4n) is 1.98. The summed E-state index contributed by atoms with van der Waals surface area (Å²) in [6, 6.07) is 6.12. The van der Waals surface area contributed by atoms with Gasteiger partial charge in [-0.3, -0.25) is 0 Å². The summed E-state index contributed by atoms with van der Waals surface area (Å²) < 4.78 is 1.12. The first-order valence-corrected chi connectivity index (χ1v) is 5.94. The van der Waals surface area contributed by atoms with Crippen LogP contribution in [0.1, 0.15) is 25.3 Å². The van der Waals surface area contributed by atoms with Gasteiger partial charge in [0.05, 0.1) is 0 Å². The van der Waals surface area contributed by atoms with Crippen LogP contribution < -0.4 is 5.73 Å². The monoisotopic (exact) mass is 273 g/mol. The van der Waals surface area contributed by atoms with Crippen molar-refractivity contribution in [2.45, 2.75) is 31.2 Å². The summed E-state index contributed by atoms with van der Waals surface area (Å²) in [6.45, 7) is 2.07. The molecule has 0 amide bonds. The normalized spacial score (nSPS) is 20.6. The molecule has 0 bridgehead atoms. The maximum Gasteiger partial charge on any atom is 0.0409 e. The predicted molar refractivity (Wildman–Crippen MR) is 63.7 cm³/mol. The molecule has 2 rings (SSSR count). The Bertz CT molecular complexity index is 358. The van der Waals surface area contributed by atoms with Crippen molar-refractivity contribution in [1.29, 1.82) is 0 Å². The second-order valence-electron chi connectivity index (χ2n) is 4.07. The van der Waals surface area contributed by atoms with Gasteiger partial charge in [-0.15, -0.1) is 0 Å². The number of hydrogen-bond acceptors (Lipinski definition) is 1. The summed E-state index contributed by atoms with van der Waals surface area (Å²) in [5.74, 6) is 0. The molecular formula is C11H13BrClN. The highest BCUT2D eigenvalue weighted by atomic mass is 79.9. The molecule has 1 aromatic carbocycles. The van der Waals surface area contributed by atoms with E-state index in [1.165, 1.54) is 18.4 Å². The van der Waals surface area contributed by atoms with Gasteiger partial charge in [-0.2, -0.15) is 0 Å². The lowest BCUT2D eigenvalue weighted by Gasteiger charge is -2.21. The number of hydrogen-bond donors (Lipinski definition) is 1. The molecule has 1 aliphatic carbocycles. The number of nitrogens with two attached hydrogens (primary N) is 1. The van der Waals surface area contributed by atoms with Gasteiger partial charge in [-0.25, -0.2) is 0 Å². The van der Waals surface area contributed by atoms with E-state index in [9.17, 15) is 0 Å². The van der Waals surface area contributed by atoms with Crippen LogP contribution in [-0.4, -0.2) is 6.04 Å². The average molecular weight is 275 g/mol. The van der Waals surface area contributed by atoms with Crippen LogP contribution in [-0.2, 0) is 5.41 Å². The second-order valence-corrected chi connectivity index (χ2v) is 5.36. The van der Waals surface area contributed by atoms with E-state index in [1.807, 2.05) is 18.2 Å². The quantitative estimate of drug-likeness (QED) is 0.878. The molecule has 1 unspecified atom stereocenters. The number of rotatable bonds is 2. The van der Waals surface area contributed by atoms with Crippen LogP contribution in [0.15, 0.2) is 22.7 Å². The van der Waals surface area contributed by atoms with Crippen molar-refractivity contribution >= 4 is 27.5 Å². The largest absolute Gasteiger partial charge is 0.327 e. The molecule has 0 spiro atoms. The summed E-state index contributed by atoms with van der Waals surface area (Å²) in [4.78, 5) is 0. The predicted octanol–water partition coefficient (Wildman–Crippen LogP) is 3.48. The van der Waals surface area contributed by atoms with Crippen LogP contribution in [0.25, 0.3) is 0 Å². The standard InChI is InChI=1S/C11H13BrClN/c1-7(14)11(4-5-11)9-6-8(13)2-3-10(9)12/h2-3,6-7H,4-5,14H2,1H3. The zero-order valence-electron chi connectivity index (χ0n) is 8.06. The van der Waals surface area contributed by atoms with Gasteiger partial charge in [0.2, 0.25) is 0 Å². The number of benzene rings is 1. The van der Waals surface area contributed by atoms with E-state index in [2.05, 4.69) is 22.9 Å². The Morgan fingerprint density at radius 3 is 2.64 bits per heavy atom. The minimum absolute atomic E-state index is 0.170. The molecule has 0 heterocycles. The molecule has 0 aliphatic heterocycles. The van der Waals surface area contributed by atoms with E-state index in [1.54, 1.807) is 0 Å². The summed E-state index contributed by atoms with van der Waals surface area (Å²) in [6.07, 6.45) is 2.34. The first kappa shape index (κ1) is 10.5. The Hall–Kier alpha value is -0.0500. The van der Waals surface area contributed by atoms with Gasteiger partial charge in [-0.05, 0) is 43.5 Å². The lowest BCUT2D eigenvalue weighted by atomic mass is 9.90. The van der Waals surface area contributed by atoms with Crippen LogP contribution in [0, 0.1) is 0 Å². The van der Waals surface area contributed by atoms with Crippen molar-refractivity contribution in [1.82, 2.24) is 0 Å². The van der Waals surface area contributed by atoms with Crippen molar-refractivity contribution in [3.8, 4) is 0 Å². The molecule has 1 saturated carbocycles. The van der Waals surface area contributed by atoms with E-state index >= 15 is 0 Å². The molecule has 14 heavy (non-hydrogen) atoms. The molecule has 0 saturated heterocycles. The second kappa shape index (κ2) is 3.51. The zero-order valence-corrected chi connectivity index (χ0v) is 10.4. The van der Waals surface area contributed by atoms with Crippen molar-refractivity contribution < 1.29 is 0 Å². The minimum Gasteiger partial charge on any atom is -0.327 e. The zero-order chi connectivity index (χ0) is 10.3. The summed E-state index contributed by atoms with van der Waals surface area (Å²) >= 11 is 9.55. The Morgan fingerprint density at radius 2 is 2.14 bits per heavy atom. The first-order valence-electron chi connectivity index (χ1n) is 4.77. The fourth-order valence-corrected chi connectivity index (χ4v) is 2.80. The van der Waals surface area contributed by atoms with Gasteiger partial charge < -0.3 is 5.73 Å². The topological polar surface area (TPSA) is 26.0 Å². The Balaban J connectivity index is 2.46. The molecule has 76 valence electrons. The highest BCUT2D eigenvalue weighted by molar-refractivity contribution is 9.10. The lowest BCUT2D eigenvalue weighted by molar-refractivity contribution is 0.554. The molecule has 0 radical (unpaired) electrons. The molecule has 0 aromatic heterocycles. The fraction of sp³-hybridized carbons (Fsp3) is 0.455. The first-order chi connectivity index (χ1) is 6.56. The van der Waals surface area contributed by atoms with E-state index in [-0.39, 0.29) is 11.5 Å². The third kappa shape index (κ3) is 1.60.